The summed E-state index contributed by atoms with van der Waals surface area (Å²) in [5.74, 6) is 1.79. The van der Waals surface area contributed by atoms with Crippen LogP contribution in [0.2, 0.25) is 18.1 Å². The number of carbonyl (C=O) groups is 1. The molecule has 164 valence electrons. The van der Waals surface area contributed by atoms with E-state index < -0.39 is 20.1 Å². The molecule has 2 aliphatic carbocycles. The minimum absolute atomic E-state index is 0.154. The van der Waals surface area contributed by atoms with Crippen LogP contribution in [0.1, 0.15) is 93.4 Å². The van der Waals surface area contributed by atoms with Crippen molar-refractivity contribution >= 4 is 14.1 Å². The van der Waals surface area contributed by atoms with E-state index in [-0.39, 0.29) is 11.3 Å². The van der Waals surface area contributed by atoms with E-state index in [1.54, 1.807) is 0 Å². The van der Waals surface area contributed by atoms with Gasteiger partial charge in [-0.1, -0.05) is 34.6 Å². The Morgan fingerprint density at radius 3 is 2.36 bits per heavy atom. The van der Waals surface area contributed by atoms with Crippen molar-refractivity contribution in [2.45, 2.75) is 123 Å². The molecule has 0 aromatic heterocycles. The van der Waals surface area contributed by atoms with Gasteiger partial charge in [-0.2, -0.15) is 0 Å². The highest BCUT2D eigenvalue weighted by atomic mass is 28.4. The summed E-state index contributed by atoms with van der Waals surface area (Å²) in [4.78, 5) is 12.4. The van der Waals surface area contributed by atoms with Crippen LogP contribution in [0.5, 0.6) is 0 Å². The fraction of sp³-hybridized carbons (Fsp3) is 0.958. The minimum atomic E-state index is -1.82. The largest absolute Gasteiger partial charge is 0.409 e. The zero-order valence-corrected chi connectivity index (χ0v) is 20.6. The lowest BCUT2D eigenvalue weighted by atomic mass is 9.62. The molecule has 0 aromatic carbocycles. The van der Waals surface area contributed by atoms with E-state index in [4.69, 9.17) is 4.43 Å². The third kappa shape index (κ3) is 4.74. The standard InChI is InChI=1S/C24H45FO2Si/c1-8-28(9-2,10-3)27-23(5,6)22(25)16-13-18(4)19-14-15-20-21(26)12-11-17-24(19,20)7/h18-20,22H,8-17H2,1-7H3/t18-,19-,20+,22-,24-/m1/s1. The Labute approximate surface area is 174 Å². The maximum Gasteiger partial charge on any atom is 0.192 e. The Hall–Kier alpha value is -0.223. The van der Waals surface area contributed by atoms with Gasteiger partial charge < -0.3 is 4.43 Å². The molecule has 4 heteroatoms. The van der Waals surface area contributed by atoms with E-state index in [1.807, 2.05) is 13.8 Å². The molecule has 2 rings (SSSR count). The summed E-state index contributed by atoms with van der Waals surface area (Å²) in [6.07, 6.45) is 5.72. The molecule has 0 amide bonds. The summed E-state index contributed by atoms with van der Waals surface area (Å²) in [6, 6.07) is 3.17. The summed E-state index contributed by atoms with van der Waals surface area (Å²) in [7, 11) is -1.82. The monoisotopic (exact) mass is 412 g/mol. The van der Waals surface area contributed by atoms with Gasteiger partial charge in [0, 0.05) is 12.3 Å². The molecule has 0 spiro atoms. The van der Waals surface area contributed by atoms with Crippen LogP contribution in [0, 0.1) is 23.2 Å². The maximum atomic E-state index is 15.3. The van der Waals surface area contributed by atoms with Crippen LogP contribution in [-0.4, -0.2) is 25.9 Å². The molecule has 2 aliphatic rings. The van der Waals surface area contributed by atoms with E-state index in [0.717, 1.165) is 50.2 Å². The van der Waals surface area contributed by atoms with Gasteiger partial charge in [-0.3, -0.25) is 4.79 Å². The van der Waals surface area contributed by atoms with Gasteiger partial charge in [0.05, 0.1) is 5.60 Å². The Morgan fingerprint density at radius 2 is 1.79 bits per heavy atom. The first-order valence-electron chi connectivity index (χ1n) is 11.9. The van der Waals surface area contributed by atoms with Crippen molar-refractivity contribution in [1.29, 1.82) is 0 Å². The van der Waals surface area contributed by atoms with Crippen molar-refractivity contribution in [2.24, 2.45) is 23.2 Å². The van der Waals surface area contributed by atoms with Gasteiger partial charge in [-0.25, -0.2) is 4.39 Å². The molecular weight excluding hydrogens is 367 g/mol. The average molecular weight is 413 g/mol. The summed E-state index contributed by atoms with van der Waals surface area (Å²) in [5.41, 5.74) is -0.543. The average Bonchev–Trinajstić information content (AvgIpc) is 3.02. The maximum absolute atomic E-state index is 15.3. The van der Waals surface area contributed by atoms with Crippen molar-refractivity contribution < 1.29 is 13.6 Å². The number of fused-ring (bicyclic) bond motifs is 1. The highest BCUT2D eigenvalue weighted by Crippen LogP contribution is 2.57. The zero-order valence-electron chi connectivity index (χ0n) is 19.6. The Balaban J connectivity index is 1.96. The smallest absolute Gasteiger partial charge is 0.192 e. The first-order valence-corrected chi connectivity index (χ1v) is 14.4. The van der Waals surface area contributed by atoms with Crippen LogP contribution in [0.4, 0.5) is 4.39 Å². The molecule has 0 unspecified atom stereocenters. The highest BCUT2D eigenvalue weighted by Gasteiger charge is 2.52. The first-order chi connectivity index (χ1) is 13.0. The van der Waals surface area contributed by atoms with Gasteiger partial charge in [0.25, 0.3) is 0 Å². The minimum Gasteiger partial charge on any atom is -0.409 e. The normalized spacial score (nSPS) is 30.9. The number of alkyl halides is 1. The van der Waals surface area contributed by atoms with Gasteiger partial charge in [0.2, 0.25) is 0 Å². The highest BCUT2D eigenvalue weighted by molar-refractivity contribution is 6.73. The van der Waals surface area contributed by atoms with Crippen molar-refractivity contribution in [3.8, 4) is 0 Å². The predicted octanol–water partition coefficient (Wildman–Crippen LogP) is 7.33. The van der Waals surface area contributed by atoms with Gasteiger partial charge >= 0.3 is 0 Å². The number of Topliss-reactive ketones (excluding diaryl/α,β-unsaturated/α-hetero) is 1. The molecule has 2 nitrogen and oxygen atoms in total. The summed E-state index contributed by atoms with van der Waals surface area (Å²) in [6.45, 7) is 15.1. The summed E-state index contributed by atoms with van der Waals surface area (Å²) >= 11 is 0. The topological polar surface area (TPSA) is 26.3 Å². The van der Waals surface area contributed by atoms with Crippen molar-refractivity contribution in [3.05, 3.63) is 0 Å². The van der Waals surface area contributed by atoms with Crippen LogP contribution in [0.15, 0.2) is 0 Å². The molecule has 0 heterocycles. The molecule has 0 bridgehead atoms. The van der Waals surface area contributed by atoms with E-state index in [9.17, 15) is 4.79 Å². The molecule has 0 aliphatic heterocycles. The summed E-state index contributed by atoms with van der Waals surface area (Å²) in [5, 5.41) is 0. The lowest BCUT2D eigenvalue weighted by Gasteiger charge is -2.43. The van der Waals surface area contributed by atoms with E-state index >= 15 is 4.39 Å². The Kier molecular flexibility index (Phi) is 7.97. The third-order valence-corrected chi connectivity index (χ3v) is 13.5. The van der Waals surface area contributed by atoms with Crippen LogP contribution in [0.3, 0.4) is 0 Å². The number of rotatable bonds is 10. The van der Waals surface area contributed by atoms with Gasteiger partial charge in [0.1, 0.15) is 12.0 Å². The molecule has 5 atom stereocenters. The molecule has 28 heavy (non-hydrogen) atoms. The Bertz CT molecular complexity index is 522. The molecule has 2 saturated carbocycles. The van der Waals surface area contributed by atoms with E-state index in [2.05, 4.69) is 34.6 Å². The lowest BCUT2D eigenvalue weighted by Crippen LogP contribution is -2.49. The first kappa shape index (κ1) is 24.1. The summed E-state index contributed by atoms with van der Waals surface area (Å²) < 4.78 is 21.8. The van der Waals surface area contributed by atoms with E-state index in [0.29, 0.717) is 24.0 Å². The fourth-order valence-electron chi connectivity index (χ4n) is 6.45. The van der Waals surface area contributed by atoms with Crippen LogP contribution in [-0.2, 0) is 9.22 Å². The SMILES string of the molecule is CC[Si](CC)(CC)OC(C)(C)[C@H](F)CC[C@@H](C)[C@H]1CC[C@H]2C(=O)CCC[C@]12C. The number of ketones is 1. The number of halogens is 1. The second-order valence-electron chi connectivity index (χ2n) is 10.5. The second kappa shape index (κ2) is 9.28. The van der Waals surface area contributed by atoms with E-state index in [1.165, 1.54) is 6.42 Å². The van der Waals surface area contributed by atoms with Crippen molar-refractivity contribution in [3.63, 3.8) is 0 Å². The number of hydrogen-bond acceptors (Lipinski definition) is 2. The van der Waals surface area contributed by atoms with Gasteiger partial charge in [-0.15, -0.1) is 0 Å². The molecule has 0 N–H and O–H groups in total. The van der Waals surface area contributed by atoms with Crippen LogP contribution < -0.4 is 0 Å². The second-order valence-corrected chi connectivity index (χ2v) is 15.2. The molecule has 0 radical (unpaired) electrons. The van der Waals surface area contributed by atoms with Crippen LogP contribution >= 0.6 is 0 Å². The predicted molar refractivity (Wildman–Crippen MR) is 119 cm³/mol. The molecule has 0 aromatic rings. The number of carbonyl (C=O) groups excluding carboxylic acids is 1. The molecule has 0 saturated heterocycles. The number of hydrogen-bond donors (Lipinski definition) is 0. The zero-order chi connectivity index (χ0) is 21.2. The fourth-order valence-corrected chi connectivity index (χ4v) is 9.63. The molecular formula is C24H45FO2Si. The van der Waals surface area contributed by atoms with Crippen molar-refractivity contribution in [2.75, 3.05) is 0 Å². The lowest BCUT2D eigenvalue weighted by molar-refractivity contribution is -0.130. The molecule has 2 fully saturated rings. The third-order valence-electron chi connectivity index (χ3n) is 8.67. The van der Waals surface area contributed by atoms with Gasteiger partial charge in [0.15, 0.2) is 8.32 Å². The Morgan fingerprint density at radius 1 is 1.18 bits per heavy atom. The van der Waals surface area contributed by atoms with Crippen LogP contribution in [0.25, 0.3) is 0 Å². The van der Waals surface area contributed by atoms with Crippen molar-refractivity contribution in [1.82, 2.24) is 0 Å². The quantitative estimate of drug-likeness (QED) is 0.351. The van der Waals surface area contributed by atoms with Gasteiger partial charge in [-0.05, 0) is 87.8 Å².